The van der Waals surface area contributed by atoms with Gasteiger partial charge in [-0.1, -0.05) is 35.9 Å². The predicted octanol–water partition coefficient (Wildman–Crippen LogP) is 4.52. The molecule has 110 valence electrons. The van der Waals surface area contributed by atoms with E-state index in [0.717, 1.165) is 24.2 Å². The van der Waals surface area contributed by atoms with Gasteiger partial charge in [-0.05, 0) is 43.0 Å². The second-order valence-corrected chi connectivity index (χ2v) is 5.39. The van der Waals surface area contributed by atoms with E-state index in [9.17, 15) is 10.1 Å². The molecule has 0 aromatic heterocycles. The molecular formula is C16H17ClN2O2. The molecule has 0 heterocycles. The van der Waals surface area contributed by atoms with E-state index in [4.69, 9.17) is 11.6 Å². The first kappa shape index (κ1) is 15.3. The van der Waals surface area contributed by atoms with Crippen molar-refractivity contribution < 1.29 is 4.92 Å². The molecule has 1 N–H and O–H groups in total. The highest BCUT2D eigenvalue weighted by atomic mass is 35.5. The number of nitro groups is 1. The zero-order valence-electron chi connectivity index (χ0n) is 12.0. The van der Waals surface area contributed by atoms with Crippen molar-refractivity contribution in [2.75, 3.05) is 11.9 Å². The van der Waals surface area contributed by atoms with Gasteiger partial charge in [0.05, 0.1) is 4.92 Å². The second-order valence-electron chi connectivity index (χ2n) is 4.98. The van der Waals surface area contributed by atoms with E-state index in [1.165, 1.54) is 17.2 Å². The Balaban J connectivity index is 2.06. The third-order valence-electron chi connectivity index (χ3n) is 3.46. The van der Waals surface area contributed by atoms with E-state index in [-0.39, 0.29) is 10.7 Å². The number of halogens is 1. The highest BCUT2D eigenvalue weighted by Crippen LogP contribution is 2.30. The van der Waals surface area contributed by atoms with Crippen molar-refractivity contribution in [2.45, 2.75) is 20.3 Å². The van der Waals surface area contributed by atoms with Gasteiger partial charge in [0.15, 0.2) is 0 Å². The molecule has 21 heavy (non-hydrogen) atoms. The molecule has 4 nitrogen and oxygen atoms in total. The minimum Gasteiger partial charge on any atom is -0.384 e. The van der Waals surface area contributed by atoms with Crippen LogP contribution in [0.25, 0.3) is 0 Å². The Labute approximate surface area is 128 Å². The Kier molecular flexibility index (Phi) is 4.81. The average Bonchev–Trinajstić information content (AvgIpc) is 2.44. The molecule has 0 aliphatic carbocycles. The molecule has 2 rings (SSSR count). The zero-order valence-corrected chi connectivity index (χ0v) is 12.8. The SMILES string of the molecule is Cc1ccccc1CCNc1cc(Cl)c([N+](=O)[O-])cc1C. The fraction of sp³-hybridized carbons (Fsp3) is 0.250. The van der Waals surface area contributed by atoms with Crippen LogP contribution in [0, 0.1) is 24.0 Å². The van der Waals surface area contributed by atoms with Gasteiger partial charge in [0.1, 0.15) is 5.02 Å². The van der Waals surface area contributed by atoms with Gasteiger partial charge < -0.3 is 5.32 Å². The fourth-order valence-corrected chi connectivity index (χ4v) is 2.45. The summed E-state index contributed by atoms with van der Waals surface area (Å²) in [5.41, 5.74) is 4.14. The van der Waals surface area contributed by atoms with E-state index < -0.39 is 4.92 Å². The van der Waals surface area contributed by atoms with Gasteiger partial charge in [-0.15, -0.1) is 0 Å². The molecule has 0 fully saturated rings. The molecule has 5 heteroatoms. The molecule has 0 radical (unpaired) electrons. The fourth-order valence-electron chi connectivity index (χ4n) is 2.22. The van der Waals surface area contributed by atoms with Gasteiger partial charge in [0.25, 0.3) is 5.69 Å². The number of rotatable bonds is 5. The molecule has 0 spiro atoms. The van der Waals surface area contributed by atoms with Crippen LogP contribution in [0.4, 0.5) is 11.4 Å². The van der Waals surface area contributed by atoms with Crippen molar-refractivity contribution in [1.82, 2.24) is 0 Å². The van der Waals surface area contributed by atoms with Crippen LogP contribution in [0.3, 0.4) is 0 Å². The number of nitrogens with zero attached hydrogens (tertiary/aromatic N) is 1. The van der Waals surface area contributed by atoms with Crippen LogP contribution in [0.5, 0.6) is 0 Å². The van der Waals surface area contributed by atoms with Crippen LogP contribution in [0.2, 0.25) is 5.02 Å². The number of nitro benzene ring substituents is 1. The molecule has 2 aromatic rings. The molecule has 2 aromatic carbocycles. The lowest BCUT2D eigenvalue weighted by Crippen LogP contribution is -2.07. The van der Waals surface area contributed by atoms with Crippen LogP contribution < -0.4 is 5.32 Å². The Hall–Kier alpha value is -2.07. The molecule has 0 aliphatic rings. The summed E-state index contributed by atoms with van der Waals surface area (Å²) >= 11 is 5.94. The molecule has 0 amide bonds. The first-order valence-electron chi connectivity index (χ1n) is 6.72. The largest absolute Gasteiger partial charge is 0.384 e. The number of hydrogen-bond donors (Lipinski definition) is 1. The van der Waals surface area contributed by atoms with Gasteiger partial charge >= 0.3 is 0 Å². The topological polar surface area (TPSA) is 55.2 Å². The number of hydrogen-bond acceptors (Lipinski definition) is 3. The van der Waals surface area contributed by atoms with Crippen molar-refractivity contribution in [1.29, 1.82) is 0 Å². The minimum absolute atomic E-state index is 0.0568. The van der Waals surface area contributed by atoms with Gasteiger partial charge in [0, 0.05) is 18.3 Å². The Morgan fingerprint density at radius 1 is 1.19 bits per heavy atom. The monoisotopic (exact) mass is 304 g/mol. The van der Waals surface area contributed by atoms with Gasteiger partial charge in [-0.25, -0.2) is 0 Å². The summed E-state index contributed by atoms with van der Waals surface area (Å²) in [4.78, 5) is 10.4. The van der Waals surface area contributed by atoms with Crippen LogP contribution >= 0.6 is 11.6 Å². The quantitative estimate of drug-likeness (QED) is 0.652. The summed E-state index contributed by atoms with van der Waals surface area (Å²) in [6, 6.07) is 11.4. The lowest BCUT2D eigenvalue weighted by molar-refractivity contribution is -0.384. The molecule has 0 atom stereocenters. The summed E-state index contributed by atoms with van der Waals surface area (Å²) < 4.78 is 0. The van der Waals surface area contributed by atoms with Crippen LogP contribution in [-0.2, 0) is 6.42 Å². The lowest BCUT2D eigenvalue weighted by Gasteiger charge is -2.11. The first-order valence-corrected chi connectivity index (χ1v) is 7.09. The maximum absolute atomic E-state index is 10.8. The molecule has 0 unspecified atom stereocenters. The second kappa shape index (κ2) is 6.59. The van der Waals surface area contributed by atoms with Crippen LogP contribution in [-0.4, -0.2) is 11.5 Å². The van der Waals surface area contributed by atoms with Gasteiger partial charge in [-0.2, -0.15) is 0 Å². The van der Waals surface area contributed by atoms with E-state index >= 15 is 0 Å². The van der Waals surface area contributed by atoms with Crippen molar-refractivity contribution in [2.24, 2.45) is 0 Å². The van der Waals surface area contributed by atoms with Crippen molar-refractivity contribution in [3.8, 4) is 0 Å². The number of nitrogens with one attached hydrogen (secondary N) is 1. The molecule has 0 aliphatic heterocycles. The summed E-state index contributed by atoms with van der Waals surface area (Å²) in [5, 5.41) is 14.3. The third kappa shape index (κ3) is 3.73. The van der Waals surface area contributed by atoms with E-state index in [2.05, 4.69) is 24.4 Å². The molecule has 0 saturated carbocycles. The Morgan fingerprint density at radius 2 is 1.90 bits per heavy atom. The third-order valence-corrected chi connectivity index (χ3v) is 3.76. The van der Waals surface area contributed by atoms with Crippen molar-refractivity contribution in [3.63, 3.8) is 0 Å². The van der Waals surface area contributed by atoms with E-state index in [0.29, 0.717) is 0 Å². The van der Waals surface area contributed by atoms with E-state index in [1.54, 1.807) is 6.07 Å². The zero-order chi connectivity index (χ0) is 15.4. The predicted molar refractivity (Wildman–Crippen MR) is 86.2 cm³/mol. The molecule has 0 bridgehead atoms. The van der Waals surface area contributed by atoms with Crippen LogP contribution in [0.1, 0.15) is 16.7 Å². The van der Waals surface area contributed by atoms with Gasteiger partial charge in [0.2, 0.25) is 0 Å². The average molecular weight is 305 g/mol. The molecule has 0 saturated heterocycles. The molecular weight excluding hydrogens is 288 g/mol. The summed E-state index contributed by atoms with van der Waals surface area (Å²) in [7, 11) is 0. The highest BCUT2D eigenvalue weighted by Gasteiger charge is 2.14. The Bertz CT molecular complexity index is 671. The van der Waals surface area contributed by atoms with Crippen molar-refractivity contribution in [3.05, 3.63) is 68.2 Å². The number of benzene rings is 2. The van der Waals surface area contributed by atoms with Crippen LogP contribution in [0.15, 0.2) is 36.4 Å². The standard InChI is InChI=1S/C16H17ClN2O2/c1-11-5-3-4-6-13(11)7-8-18-15-10-14(17)16(19(20)21)9-12(15)2/h3-6,9-10,18H,7-8H2,1-2H3. The summed E-state index contributed by atoms with van der Waals surface area (Å²) in [6.45, 7) is 4.67. The number of aryl methyl sites for hydroxylation is 2. The van der Waals surface area contributed by atoms with Crippen molar-refractivity contribution >= 4 is 23.0 Å². The number of anilines is 1. The Morgan fingerprint density at radius 3 is 2.57 bits per heavy atom. The maximum Gasteiger partial charge on any atom is 0.288 e. The summed E-state index contributed by atoms with van der Waals surface area (Å²) in [6.07, 6.45) is 0.890. The smallest absolute Gasteiger partial charge is 0.288 e. The lowest BCUT2D eigenvalue weighted by atomic mass is 10.1. The summed E-state index contributed by atoms with van der Waals surface area (Å²) in [5.74, 6) is 0. The van der Waals surface area contributed by atoms with Gasteiger partial charge in [-0.3, -0.25) is 10.1 Å². The highest BCUT2D eigenvalue weighted by molar-refractivity contribution is 6.33. The first-order chi connectivity index (χ1) is 9.99. The maximum atomic E-state index is 10.8. The van der Waals surface area contributed by atoms with E-state index in [1.807, 2.05) is 19.1 Å². The minimum atomic E-state index is -0.466. The normalized spacial score (nSPS) is 10.4.